The van der Waals surface area contributed by atoms with Crippen LogP contribution < -0.4 is 5.32 Å². The molecule has 1 aromatic carbocycles. The van der Waals surface area contributed by atoms with Crippen LogP contribution in [0, 0.1) is 12.8 Å². The molecule has 0 radical (unpaired) electrons. The Morgan fingerprint density at radius 1 is 1.28 bits per heavy atom. The van der Waals surface area contributed by atoms with Crippen molar-refractivity contribution in [1.82, 2.24) is 14.5 Å². The maximum Gasteiger partial charge on any atom is 0.227 e. The number of carbonyl (C=O) groups is 1. The first kappa shape index (κ1) is 18.0. The number of sulfonamides is 1. The van der Waals surface area contributed by atoms with Crippen LogP contribution >= 0.6 is 11.3 Å². The molecular formula is C16H20N4O3S2. The van der Waals surface area contributed by atoms with E-state index in [4.69, 9.17) is 0 Å². The first-order valence-corrected chi connectivity index (χ1v) is 10.7. The SMILES string of the molecule is Cc1nnc(-c2cccc(NC(=O)C3CCN(S(C)(=O)=O)CC3)c2)s1. The second-order valence-corrected chi connectivity index (χ2v) is 9.30. The van der Waals surface area contributed by atoms with Gasteiger partial charge in [-0.15, -0.1) is 10.2 Å². The summed E-state index contributed by atoms with van der Waals surface area (Å²) < 4.78 is 24.5. The molecule has 1 aliphatic rings. The number of nitrogens with zero attached hydrogens (tertiary/aromatic N) is 3. The van der Waals surface area contributed by atoms with Gasteiger partial charge in [-0.1, -0.05) is 23.5 Å². The molecule has 134 valence electrons. The fraction of sp³-hybridized carbons (Fsp3) is 0.438. The van der Waals surface area contributed by atoms with E-state index in [9.17, 15) is 13.2 Å². The second-order valence-electron chi connectivity index (χ2n) is 6.13. The van der Waals surface area contributed by atoms with Crippen LogP contribution in [0.2, 0.25) is 0 Å². The number of rotatable bonds is 4. The molecule has 3 rings (SSSR count). The van der Waals surface area contributed by atoms with Crippen molar-refractivity contribution in [2.24, 2.45) is 5.92 Å². The van der Waals surface area contributed by atoms with E-state index < -0.39 is 10.0 Å². The third-order valence-electron chi connectivity index (χ3n) is 4.20. The molecule has 1 aliphatic heterocycles. The Morgan fingerprint density at radius 2 is 2.00 bits per heavy atom. The first-order valence-electron chi connectivity index (χ1n) is 7.99. The molecule has 1 N–H and O–H groups in total. The Hall–Kier alpha value is -1.84. The zero-order valence-electron chi connectivity index (χ0n) is 14.1. The Kier molecular flexibility index (Phi) is 5.16. The number of aromatic nitrogens is 2. The third-order valence-corrected chi connectivity index (χ3v) is 6.39. The summed E-state index contributed by atoms with van der Waals surface area (Å²) in [6, 6.07) is 7.51. The Labute approximate surface area is 151 Å². The van der Waals surface area contributed by atoms with Gasteiger partial charge in [0.05, 0.1) is 6.26 Å². The van der Waals surface area contributed by atoms with Gasteiger partial charge in [-0.2, -0.15) is 0 Å². The molecular weight excluding hydrogens is 360 g/mol. The van der Waals surface area contributed by atoms with Crippen molar-refractivity contribution in [2.75, 3.05) is 24.7 Å². The van der Waals surface area contributed by atoms with Crippen molar-refractivity contribution in [1.29, 1.82) is 0 Å². The Bertz CT molecular complexity index is 871. The monoisotopic (exact) mass is 380 g/mol. The summed E-state index contributed by atoms with van der Waals surface area (Å²) in [7, 11) is -3.18. The van der Waals surface area contributed by atoms with Crippen molar-refractivity contribution in [3.8, 4) is 10.6 Å². The van der Waals surface area contributed by atoms with Crippen LogP contribution in [0.25, 0.3) is 10.6 Å². The molecule has 1 aromatic heterocycles. The minimum atomic E-state index is -3.18. The Balaban J connectivity index is 1.64. The highest BCUT2D eigenvalue weighted by molar-refractivity contribution is 7.88. The van der Waals surface area contributed by atoms with E-state index in [0.29, 0.717) is 31.6 Å². The molecule has 0 atom stereocenters. The topological polar surface area (TPSA) is 92.3 Å². The highest BCUT2D eigenvalue weighted by Crippen LogP contribution is 2.26. The maximum atomic E-state index is 12.5. The number of piperidine rings is 1. The first-order chi connectivity index (χ1) is 11.8. The molecule has 2 aromatic rings. The lowest BCUT2D eigenvalue weighted by Gasteiger charge is -2.29. The van der Waals surface area contributed by atoms with Crippen molar-refractivity contribution in [3.63, 3.8) is 0 Å². The largest absolute Gasteiger partial charge is 0.326 e. The van der Waals surface area contributed by atoms with Gasteiger partial charge < -0.3 is 5.32 Å². The van der Waals surface area contributed by atoms with Crippen LogP contribution in [0.1, 0.15) is 17.8 Å². The number of hydrogen-bond donors (Lipinski definition) is 1. The normalized spacial score (nSPS) is 16.7. The molecule has 0 aliphatic carbocycles. The van der Waals surface area contributed by atoms with Gasteiger partial charge >= 0.3 is 0 Å². The lowest BCUT2D eigenvalue weighted by atomic mass is 9.97. The minimum absolute atomic E-state index is 0.0706. The van der Waals surface area contributed by atoms with Crippen LogP contribution in [-0.4, -0.2) is 48.2 Å². The van der Waals surface area contributed by atoms with E-state index in [1.807, 2.05) is 31.2 Å². The highest BCUT2D eigenvalue weighted by Gasteiger charge is 2.28. The van der Waals surface area contributed by atoms with Crippen molar-refractivity contribution >= 4 is 33.0 Å². The molecule has 9 heteroatoms. The van der Waals surface area contributed by atoms with Gasteiger partial charge in [0.2, 0.25) is 15.9 Å². The summed E-state index contributed by atoms with van der Waals surface area (Å²) in [4.78, 5) is 12.5. The summed E-state index contributed by atoms with van der Waals surface area (Å²) in [6.07, 6.45) is 2.27. The van der Waals surface area contributed by atoms with Crippen LogP contribution in [-0.2, 0) is 14.8 Å². The average molecular weight is 380 g/mol. The van der Waals surface area contributed by atoms with Crippen LogP contribution in [0.5, 0.6) is 0 Å². The summed E-state index contributed by atoms with van der Waals surface area (Å²) in [5.74, 6) is -0.246. The molecule has 2 heterocycles. The summed E-state index contributed by atoms with van der Waals surface area (Å²) in [5.41, 5.74) is 1.62. The smallest absolute Gasteiger partial charge is 0.227 e. The fourth-order valence-corrected chi connectivity index (χ4v) is 4.40. The van der Waals surface area contributed by atoms with Crippen molar-refractivity contribution in [3.05, 3.63) is 29.3 Å². The highest BCUT2D eigenvalue weighted by atomic mass is 32.2. The van der Waals surface area contributed by atoms with E-state index in [0.717, 1.165) is 15.6 Å². The number of nitrogens with one attached hydrogen (secondary N) is 1. The van der Waals surface area contributed by atoms with Gasteiger partial charge in [-0.25, -0.2) is 12.7 Å². The van der Waals surface area contributed by atoms with Gasteiger partial charge in [0.1, 0.15) is 10.0 Å². The van der Waals surface area contributed by atoms with E-state index in [2.05, 4.69) is 15.5 Å². The zero-order chi connectivity index (χ0) is 18.0. The number of aryl methyl sites for hydroxylation is 1. The van der Waals surface area contributed by atoms with Gasteiger partial charge in [0, 0.05) is 30.3 Å². The predicted octanol–water partition coefficient (Wildman–Crippen LogP) is 2.12. The van der Waals surface area contributed by atoms with Crippen molar-refractivity contribution in [2.45, 2.75) is 19.8 Å². The molecule has 25 heavy (non-hydrogen) atoms. The molecule has 0 unspecified atom stereocenters. The van der Waals surface area contributed by atoms with Gasteiger partial charge in [0.15, 0.2) is 0 Å². The standard InChI is InChI=1S/C16H20N4O3S2/c1-11-18-19-16(24-11)13-4-3-5-14(10-13)17-15(21)12-6-8-20(9-7-12)25(2,22)23/h3-5,10,12H,6-9H2,1-2H3,(H,17,21). The molecule has 1 saturated heterocycles. The summed E-state index contributed by atoms with van der Waals surface area (Å²) >= 11 is 1.50. The number of carbonyl (C=O) groups excluding carboxylic acids is 1. The minimum Gasteiger partial charge on any atom is -0.326 e. The van der Waals surface area contributed by atoms with E-state index in [1.54, 1.807) is 0 Å². The molecule has 1 amide bonds. The van der Waals surface area contributed by atoms with Crippen LogP contribution in [0.3, 0.4) is 0 Å². The molecule has 7 nitrogen and oxygen atoms in total. The number of anilines is 1. The summed E-state index contributed by atoms with van der Waals surface area (Å²) in [5, 5.41) is 12.8. The van der Waals surface area contributed by atoms with E-state index in [-0.39, 0.29) is 11.8 Å². The third kappa shape index (κ3) is 4.42. The number of amides is 1. The molecule has 0 bridgehead atoms. The van der Waals surface area contributed by atoms with Gasteiger partial charge in [0.25, 0.3) is 0 Å². The van der Waals surface area contributed by atoms with Crippen LogP contribution in [0.4, 0.5) is 5.69 Å². The second kappa shape index (κ2) is 7.19. The average Bonchev–Trinajstić information content (AvgIpc) is 3.01. The van der Waals surface area contributed by atoms with E-state index in [1.165, 1.54) is 21.9 Å². The molecule has 0 spiro atoms. The predicted molar refractivity (Wildman–Crippen MR) is 97.9 cm³/mol. The number of benzene rings is 1. The number of hydrogen-bond acceptors (Lipinski definition) is 6. The van der Waals surface area contributed by atoms with Crippen molar-refractivity contribution < 1.29 is 13.2 Å². The molecule has 1 fully saturated rings. The fourth-order valence-electron chi connectivity index (χ4n) is 2.84. The van der Waals surface area contributed by atoms with Gasteiger partial charge in [-0.3, -0.25) is 4.79 Å². The van der Waals surface area contributed by atoms with Gasteiger partial charge in [-0.05, 0) is 31.9 Å². The molecule has 0 saturated carbocycles. The zero-order valence-corrected chi connectivity index (χ0v) is 15.7. The summed E-state index contributed by atoms with van der Waals surface area (Å²) in [6.45, 7) is 2.68. The van der Waals surface area contributed by atoms with E-state index >= 15 is 0 Å². The maximum absolute atomic E-state index is 12.5. The van der Waals surface area contributed by atoms with Crippen LogP contribution in [0.15, 0.2) is 24.3 Å². The lowest BCUT2D eigenvalue weighted by Crippen LogP contribution is -2.40. The lowest BCUT2D eigenvalue weighted by molar-refractivity contribution is -0.120. The quantitative estimate of drug-likeness (QED) is 0.877. The Morgan fingerprint density at radius 3 is 2.60 bits per heavy atom.